The molecule has 0 nitrogen and oxygen atoms in total. The van der Waals surface area contributed by atoms with Crippen LogP contribution in [-0.2, 0) is 6.42 Å². The van der Waals surface area contributed by atoms with E-state index in [1.54, 1.807) is 0 Å². The highest BCUT2D eigenvalue weighted by Gasteiger charge is 2.09. The van der Waals surface area contributed by atoms with Gasteiger partial charge in [-0.25, -0.2) is 8.78 Å². The molecule has 13 heavy (non-hydrogen) atoms. The van der Waals surface area contributed by atoms with Gasteiger partial charge in [-0.05, 0) is 24.1 Å². The maximum Gasteiger partial charge on any atom is 0.160 e. The van der Waals surface area contributed by atoms with Crippen LogP contribution in [0.4, 0.5) is 8.78 Å². The molecule has 1 unspecified atom stereocenters. The smallest absolute Gasteiger partial charge is 0.160 e. The zero-order valence-corrected chi connectivity index (χ0v) is 9.29. The molecule has 1 atom stereocenters. The van der Waals surface area contributed by atoms with Gasteiger partial charge in [0.05, 0.1) is 0 Å². The van der Waals surface area contributed by atoms with Crippen molar-refractivity contribution in [3.63, 3.8) is 0 Å². The fourth-order valence-electron chi connectivity index (χ4n) is 1.02. The van der Waals surface area contributed by atoms with Crippen LogP contribution in [0.3, 0.4) is 0 Å². The molecule has 0 aliphatic heterocycles. The van der Waals surface area contributed by atoms with Gasteiger partial charge in [0.2, 0.25) is 0 Å². The average Bonchev–Trinajstić information content (AvgIpc) is 1.99. The van der Waals surface area contributed by atoms with E-state index in [2.05, 4.69) is 15.9 Å². The van der Waals surface area contributed by atoms with Crippen LogP contribution in [0.15, 0.2) is 12.1 Å². The molecule has 0 fully saturated rings. The highest BCUT2D eigenvalue weighted by molar-refractivity contribution is 9.09. The van der Waals surface area contributed by atoms with Gasteiger partial charge in [0.15, 0.2) is 11.6 Å². The predicted molar refractivity (Wildman–Crippen MR) is 53.5 cm³/mol. The van der Waals surface area contributed by atoms with E-state index in [1.165, 1.54) is 0 Å². The monoisotopic (exact) mass is 268 g/mol. The Labute approximate surface area is 89.0 Å². The highest BCUT2D eigenvalue weighted by atomic mass is 79.9. The normalized spacial score (nSPS) is 13.0. The molecule has 0 aliphatic rings. The summed E-state index contributed by atoms with van der Waals surface area (Å²) in [5.74, 6) is -1.76. The lowest BCUT2D eigenvalue weighted by Crippen LogP contribution is -1.99. The minimum Gasteiger partial charge on any atom is -0.204 e. The van der Waals surface area contributed by atoms with E-state index < -0.39 is 11.6 Å². The molecule has 4 heteroatoms. The molecule has 0 N–H and O–H groups in total. The quantitative estimate of drug-likeness (QED) is 0.563. The minimum atomic E-state index is -0.907. The van der Waals surface area contributed by atoms with Crippen molar-refractivity contribution in [2.24, 2.45) is 0 Å². The zero-order valence-electron chi connectivity index (χ0n) is 6.95. The molecule has 0 spiro atoms. The van der Waals surface area contributed by atoms with Crippen LogP contribution in [0.5, 0.6) is 0 Å². The molecule has 0 heterocycles. The summed E-state index contributed by atoms with van der Waals surface area (Å²) in [4.78, 5) is 0.190. The lowest BCUT2D eigenvalue weighted by atomic mass is 10.1. The van der Waals surface area contributed by atoms with Crippen LogP contribution in [0.2, 0.25) is 5.02 Å². The molecule has 0 radical (unpaired) electrons. The summed E-state index contributed by atoms with van der Waals surface area (Å²) >= 11 is 9.03. The van der Waals surface area contributed by atoms with Crippen LogP contribution >= 0.6 is 27.5 Å². The molecular weight excluding hydrogens is 261 g/mol. The molecule has 0 saturated heterocycles. The Bertz CT molecular complexity index is 313. The topological polar surface area (TPSA) is 0 Å². The highest BCUT2D eigenvalue weighted by Crippen LogP contribution is 2.22. The van der Waals surface area contributed by atoms with Crippen molar-refractivity contribution in [2.45, 2.75) is 18.2 Å². The summed E-state index contributed by atoms with van der Waals surface area (Å²) in [6, 6.07) is 2.14. The Morgan fingerprint density at radius 1 is 1.38 bits per heavy atom. The summed E-state index contributed by atoms with van der Waals surface area (Å²) in [5.41, 5.74) is 0.616. The van der Waals surface area contributed by atoms with Crippen LogP contribution in [0, 0.1) is 11.6 Å². The third-order valence-electron chi connectivity index (χ3n) is 1.59. The Morgan fingerprint density at radius 2 is 1.92 bits per heavy atom. The van der Waals surface area contributed by atoms with Crippen molar-refractivity contribution in [1.29, 1.82) is 0 Å². The first kappa shape index (κ1) is 10.9. The molecule has 0 aromatic heterocycles. The SMILES string of the molecule is CC(Br)Cc1cc(F)c(F)cc1Cl. The summed E-state index contributed by atoms with van der Waals surface area (Å²) in [5, 5.41) is 0.269. The molecular formula is C9H8BrClF2. The second kappa shape index (κ2) is 4.38. The first-order valence-corrected chi connectivity index (χ1v) is 5.07. The van der Waals surface area contributed by atoms with Crippen LogP contribution in [-0.4, -0.2) is 4.83 Å². The van der Waals surface area contributed by atoms with Crippen LogP contribution in [0.1, 0.15) is 12.5 Å². The standard InChI is InChI=1S/C9H8BrClF2/c1-5(10)2-6-3-8(12)9(13)4-7(6)11/h3-5H,2H2,1H3. The van der Waals surface area contributed by atoms with Gasteiger partial charge in [0.25, 0.3) is 0 Å². The number of alkyl halides is 1. The van der Waals surface area contributed by atoms with Crippen molar-refractivity contribution in [1.82, 2.24) is 0 Å². The molecule has 72 valence electrons. The fourth-order valence-corrected chi connectivity index (χ4v) is 1.60. The summed E-state index contributed by atoms with van der Waals surface area (Å²) in [6.07, 6.45) is 0.579. The number of hydrogen-bond acceptors (Lipinski definition) is 0. The van der Waals surface area contributed by atoms with Crippen molar-refractivity contribution in [3.05, 3.63) is 34.4 Å². The summed E-state index contributed by atoms with van der Waals surface area (Å²) in [6.45, 7) is 1.91. The lowest BCUT2D eigenvalue weighted by Gasteiger charge is -2.06. The number of rotatable bonds is 2. The first-order chi connectivity index (χ1) is 6.00. The number of hydrogen-bond donors (Lipinski definition) is 0. The van der Waals surface area contributed by atoms with E-state index in [0.29, 0.717) is 12.0 Å². The van der Waals surface area contributed by atoms with E-state index in [4.69, 9.17) is 11.6 Å². The van der Waals surface area contributed by atoms with Gasteiger partial charge in [-0.15, -0.1) is 0 Å². The van der Waals surface area contributed by atoms with Gasteiger partial charge < -0.3 is 0 Å². The Kier molecular flexibility index (Phi) is 3.68. The van der Waals surface area contributed by atoms with Crippen LogP contribution < -0.4 is 0 Å². The van der Waals surface area contributed by atoms with Gasteiger partial charge in [0.1, 0.15) is 0 Å². The Balaban J connectivity index is 3.01. The lowest BCUT2D eigenvalue weighted by molar-refractivity contribution is 0.507. The number of halogens is 4. The van der Waals surface area contributed by atoms with Gasteiger partial charge in [0, 0.05) is 9.85 Å². The average molecular weight is 270 g/mol. The molecule has 1 aromatic rings. The third-order valence-corrected chi connectivity index (χ3v) is 2.27. The van der Waals surface area contributed by atoms with E-state index in [1.807, 2.05) is 6.92 Å². The molecule has 0 saturated carbocycles. The van der Waals surface area contributed by atoms with Gasteiger partial charge >= 0.3 is 0 Å². The number of benzene rings is 1. The zero-order chi connectivity index (χ0) is 10.0. The molecule has 0 amide bonds. The van der Waals surface area contributed by atoms with E-state index in [-0.39, 0.29) is 9.85 Å². The van der Waals surface area contributed by atoms with Crippen molar-refractivity contribution in [3.8, 4) is 0 Å². The molecule has 0 aliphatic carbocycles. The van der Waals surface area contributed by atoms with E-state index in [0.717, 1.165) is 12.1 Å². The largest absolute Gasteiger partial charge is 0.204 e. The minimum absolute atomic E-state index is 0.190. The van der Waals surface area contributed by atoms with E-state index in [9.17, 15) is 8.78 Å². The summed E-state index contributed by atoms with van der Waals surface area (Å²) < 4.78 is 25.4. The van der Waals surface area contributed by atoms with Gasteiger partial charge in [-0.2, -0.15) is 0 Å². The van der Waals surface area contributed by atoms with Gasteiger partial charge in [-0.3, -0.25) is 0 Å². The predicted octanol–water partition coefficient (Wildman–Crippen LogP) is 3.94. The fraction of sp³-hybridized carbons (Fsp3) is 0.333. The third kappa shape index (κ3) is 2.92. The maximum absolute atomic E-state index is 12.8. The van der Waals surface area contributed by atoms with Crippen molar-refractivity contribution < 1.29 is 8.78 Å². The molecule has 1 rings (SSSR count). The van der Waals surface area contributed by atoms with E-state index >= 15 is 0 Å². The second-order valence-corrected chi connectivity index (χ2v) is 4.81. The van der Waals surface area contributed by atoms with Crippen molar-refractivity contribution >= 4 is 27.5 Å². The van der Waals surface area contributed by atoms with Gasteiger partial charge in [-0.1, -0.05) is 34.5 Å². The first-order valence-electron chi connectivity index (χ1n) is 3.78. The van der Waals surface area contributed by atoms with Crippen molar-refractivity contribution in [2.75, 3.05) is 0 Å². The summed E-state index contributed by atoms with van der Waals surface area (Å²) in [7, 11) is 0. The molecule has 0 bridgehead atoms. The Hall–Kier alpha value is -0.150. The van der Waals surface area contributed by atoms with Crippen LogP contribution in [0.25, 0.3) is 0 Å². The Morgan fingerprint density at radius 3 is 2.46 bits per heavy atom. The molecule has 1 aromatic carbocycles. The maximum atomic E-state index is 12.8. The second-order valence-electron chi connectivity index (χ2n) is 2.84.